The number of fused-ring (bicyclic) bond motifs is 5. The van der Waals surface area contributed by atoms with Gasteiger partial charge in [-0.05, 0) is 41.0 Å². The lowest BCUT2D eigenvalue weighted by Crippen LogP contribution is -2.32. The van der Waals surface area contributed by atoms with Crippen LogP contribution in [0, 0.1) is 0 Å². The molecule has 24 heavy (non-hydrogen) atoms. The van der Waals surface area contributed by atoms with Crippen molar-refractivity contribution in [2.45, 2.75) is 18.9 Å². The topological polar surface area (TPSA) is 44.6 Å². The van der Waals surface area contributed by atoms with Crippen LogP contribution in [0.4, 0.5) is 5.69 Å². The number of para-hydroxylation sites is 1. The third-order valence-corrected chi connectivity index (χ3v) is 5.66. The minimum absolute atomic E-state index is 0.279. The smallest absolute Gasteiger partial charge is 0.140 e. The van der Waals surface area contributed by atoms with E-state index in [9.17, 15) is 0 Å². The summed E-state index contributed by atoms with van der Waals surface area (Å²) in [5.74, 6) is 1.40. The van der Waals surface area contributed by atoms with Crippen molar-refractivity contribution < 1.29 is 0 Å². The van der Waals surface area contributed by atoms with Crippen LogP contribution >= 0.6 is 15.9 Å². The number of nitrogens with zero attached hydrogens (tertiary/aromatic N) is 3. The van der Waals surface area contributed by atoms with Gasteiger partial charge >= 0.3 is 0 Å². The average Bonchev–Trinajstić information content (AvgIpc) is 3.18. The van der Waals surface area contributed by atoms with Crippen LogP contribution in [0.15, 0.2) is 40.0 Å². The van der Waals surface area contributed by atoms with Gasteiger partial charge in [0.15, 0.2) is 0 Å². The number of aromatic nitrogens is 1. The van der Waals surface area contributed by atoms with Crippen molar-refractivity contribution in [1.82, 2.24) is 15.3 Å². The van der Waals surface area contributed by atoms with Crippen LogP contribution in [0.5, 0.6) is 0 Å². The minimum atomic E-state index is 0.279. The first-order valence-corrected chi connectivity index (χ1v) is 9.01. The van der Waals surface area contributed by atoms with Crippen LogP contribution in [0.25, 0.3) is 11.8 Å². The summed E-state index contributed by atoms with van der Waals surface area (Å²) in [5, 5.41) is 7.94. The number of anilines is 1. The molecule has 2 aliphatic heterocycles. The monoisotopic (exact) mass is 383 g/mol. The summed E-state index contributed by atoms with van der Waals surface area (Å²) in [6, 6.07) is 6.54. The Morgan fingerprint density at radius 3 is 3.21 bits per heavy atom. The third kappa shape index (κ3) is 1.81. The fourth-order valence-corrected chi connectivity index (χ4v) is 4.62. The molecule has 6 heteroatoms. The molecule has 3 heterocycles. The van der Waals surface area contributed by atoms with Crippen molar-refractivity contribution in [2.24, 2.45) is 5.10 Å². The zero-order valence-corrected chi connectivity index (χ0v) is 15.0. The number of rotatable bonds is 2. The second-order valence-electron chi connectivity index (χ2n) is 6.37. The predicted octanol–water partition coefficient (Wildman–Crippen LogP) is 3.15. The third-order valence-electron chi connectivity index (χ3n) is 5.03. The molecule has 2 N–H and O–H groups in total. The van der Waals surface area contributed by atoms with Crippen LogP contribution in [0.3, 0.4) is 0 Å². The Hall–Kier alpha value is -2.05. The van der Waals surface area contributed by atoms with Gasteiger partial charge in [-0.3, -0.25) is 5.43 Å². The Morgan fingerprint density at radius 2 is 2.33 bits per heavy atom. The van der Waals surface area contributed by atoms with Gasteiger partial charge in [-0.1, -0.05) is 24.3 Å². The maximum atomic E-state index is 4.64. The number of hydrogen-bond acceptors (Lipinski definition) is 4. The molecule has 0 saturated heterocycles. The summed E-state index contributed by atoms with van der Waals surface area (Å²) < 4.78 is 3.51. The summed E-state index contributed by atoms with van der Waals surface area (Å²) in [4.78, 5) is 2.32. The highest BCUT2D eigenvalue weighted by Gasteiger charge is 2.38. The summed E-state index contributed by atoms with van der Waals surface area (Å²) >= 11 is 3.76. The molecular weight excluding hydrogens is 366 g/mol. The van der Waals surface area contributed by atoms with Gasteiger partial charge < -0.3 is 14.8 Å². The van der Waals surface area contributed by atoms with E-state index in [1.54, 1.807) is 0 Å². The quantitative estimate of drug-likeness (QED) is 0.836. The molecule has 122 valence electrons. The Morgan fingerprint density at radius 1 is 1.42 bits per heavy atom. The molecule has 0 spiro atoms. The van der Waals surface area contributed by atoms with E-state index in [-0.39, 0.29) is 5.92 Å². The maximum absolute atomic E-state index is 4.64. The summed E-state index contributed by atoms with van der Waals surface area (Å²) in [5.41, 5.74) is 9.55. The summed E-state index contributed by atoms with van der Waals surface area (Å²) in [7, 11) is 1.99. The lowest BCUT2D eigenvalue weighted by molar-refractivity contribution is 0.780. The van der Waals surface area contributed by atoms with Gasteiger partial charge in [-0.25, -0.2) is 0 Å². The standard InChI is InChI=1S/C18H18BrN5/c1-20-8-11-4-2-7-15-16(11)23-9-14(19)12-5-3-6-13(17(12)23)18-22-21-10-24(15)18/h2-5,7,9,13,20-21H,6,8,10H2,1H3. The van der Waals surface area contributed by atoms with E-state index in [0.717, 1.165) is 29.9 Å². The molecule has 1 aliphatic carbocycles. The molecule has 1 atom stereocenters. The zero-order valence-electron chi connectivity index (χ0n) is 13.4. The molecular formula is C18H18BrN5. The van der Waals surface area contributed by atoms with Gasteiger partial charge in [0, 0.05) is 28.5 Å². The first-order valence-electron chi connectivity index (χ1n) is 8.21. The van der Waals surface area contributed by atoms with E-state index in [4.69, 9.17) is 0 Å². The summed E-state index contributed by atoms with van der Waals surface area (Å²) in [6.45, 7) is 1.56. The van der Waals surface area contributed by atoms with E-state index < -0.39 is 0 Å². The van der Waals surface area contributed by atoms with Crippen LogP contribution < -0.4 is 15.6 Å². The molecule has 0 amide bonds. The van der Waals surface area contributed by atoms with Gasteiger partial charge in [0.2, 0.25) is 0 Å². The highest BCUT2D eigenvalue weighted by molar-refractivity contribution is 9.10. The Kier molecular flexibility index (Phi) is 3.11. The van der Waals surface area contributed by atoms with Gasteiger partial charge in [0.05, 0.1) is 17.3 Å². The molecule has 5 rings (SSSR count). The van der Waals surface area contributed by atoms with E-state index in [2.05, 4.69) is 77.8 Å². The van der Waals surface area contributed by atoms with Gasteiger partial charge in [0.1, 0.15) is 12.5 Å². The van der Waals surface area contributed by atoms with Crippen LogP contribution in [-0.2, 0) is 6.54 Å². The highest BCUT2D eigenvalue weighted by atomic mass is 79.9. The van der Waals surface area contributed by atoms with E-state index >= 15 is 0 Å². The number of allylic oxidation sites excluding steroid dienone is 1. The molecule has 1 unspecified atom stereocenters. The molecule has 0 saturated carbocycles. The Balaban J connectivity index is 1.88. The van der Waals surface area contributed by atoms with Crippen molar-refractivity contribution in [3.8, 4) is 5.69 Å². The van der Waals surface area contributed by atoms with Crippen molar-refractivity contribution in [3.63, 3.8) is 0 Å². The number of benzene rings is 1. The molecule has 2 aromatic rings. The first-order chi connectivity index (χ1) is 11.8. The van der Waals surface area contributed by atoms with Crippen molar-refractivity contribution in [1.29, 1.82) is 0 Å². The van der Waals surface area contributed by atoms with E-state index in [1.165, 1.54) is 28.2 Å². The van der Waals surface area contributed by atoms with Gasteiger partial charge in [-0.15, -0.1) is 0 Å². The SMILES string of the molecule is CNCc1cccc2c1-n1cc(Br)c3c1C(CC=C3)C1=NNCN12. The van der Waals surface area contributed by atoms with E-state index in [1.807, 2.05) is 7.05 Å². The molecule has 0 fully saturated rings. The number of halogens is 1. The molecule has 0 bridgehead atoms. The predicted molar refractivity (Wildman–Crippen MR) is 101 cm³/mol. The lowest BCUT2D eigenvalue weighted by Gasteiger charge is -2.24. The number of amidine groups is 1. The first kappa shape index (κ1) is 14.3. The van der Waals surface area contributed by atoms with Gasteiger partial charge in [0.25, 0.3) is 0 Å². The number of nitrogens with one attached hydrogen (secondary N) is 2. The van der Waals surface area contributed by atoms with E-state index in [0.29, 0.717) is 0 Å². The normalized spacial score (nSPS) is 20.0. The molecule has 0 radical (unpaired) electrons. The number of hydrazone groups is 1. The average molecular weight is 384 g/mol. The lowest BCUT2D eigenvalue weighted by atomic mass is 9.91. The Labute approximate surface area is 149 Å². The second-order valence-corrected chi connectivity index (χ2v) is 7.22. The highest BCUT2D eigenvalue weighted by Crippen LogP contribution is 2.45. The Bertz CT molecular complexity index is 895. The minimum Gasteiger partial charge on any atom is -0.316 e. The second kappa shape index (κ2) is 5.22. The molecule has 3 aliphatic rings. The van der Waals surface area contributed by atoms with Crippen molar-refractivity contribution in [2.75, 3.05) is 18.6 Å². The zero-order chi connectivity index (χ0) is 16.3. The molecule has 1 aromatic carbocycles. The molecule has 5 nitrogen and oxygen atoms in total. The number of hydrogen-bond donors (Lipinski definition) is 2. The largest absolute Gasteiger partial charge is 0.316 e. The van der Waals surface area contributed by atoms with Gasteiger partial charge in [-0.2, -0.15) is 5.10 Å². The summed E-state index contributed by atoms with van der Waals surface area (Å²) in [6.07, 6.45) is 7.67. The van der Waals surface area contributed by atoms with Crippen molar-refractivity contribution >= 4 is 33.5 Å². The fraction of sp³-hybridized carbons (Fsp3) is 0.278. The fourth-order valence-electron chi connectivity index (χ4n) is 4.08. The van der Waals surface area contributed by atoms with Crippen LogP contribution in [0.2, 0.25) is 0 Å². The maximum Gasteiger partial charge on any atom is 0.140 e. The van der Waals surface area contributed by atoms with Crippen molar-refractivity contribution in [3.05, 3.63) is 51.8 Å². The van der Waals surface area contributed by atoms with Crippen LogP contribution in [0.1, 0.15) is 29.2 Å². The van der Waals surface area contributed by atoms with Crippen LogP contribution in [-0.4, -0.2) is 24.1 Å². The molecule has 1 aromatic heterocycles.